The number of hydrogen-bond acceptors (Lipinski definition) is 3. The van der Waals surface area contributed by atoms with Crippen molar-refractivity contribution in [2.45, 2.75) is 0 Å². The molecule has 0 fully saturated rings. The molecule has 0 unspecified atom stereocenters. The molecule has 0 spiro atoms. The molecule has 0 atom stereocenters. The molecule has 2 N–H and O–H groups in total. The number of halogens is 2. The summed E-state index contributed by atoms with van der Waals surface area (Å²) < 4.78 is 19.4. The van der Waals surface area contributed by atoms with Gasteiger partial charge >= 0.3 is 0 Å². The highest BCUT2D eigenvalue weighted by molar-refractivity contribution is 6.33. The van der Waals surface area contributed by atoms with E-state index in [-0.39, 0.29) is 17.1 Å². The standard InChI is InChI=1S/C21H16ClFN2O3/c22-17-7-4-8-18(23)20(17)21(27)24-13-19(26)25-14-9-11-16(12-10-14)28-15-5-2-1-3-6-15/h1-12H,13H2,(H,24,27)(H,25,26). The van der Waals surface area contributed by atoms with E-state index in [1.54, 1.807) is 24.3 Å². The van der Waals surface area contributed by atoms with Crippen LogP contribution in [0.1, 0.15) is 10.4 Å². The third-order valence-corrected chi connectivity index (χ3v) is 4.03. The van der Waals surface area contributed by atoms with E-state index < -0.39 is 17.6 Å². The Hall–Kier alpha value is -3.38. The smallest absolute Gasteiger partial charge is 0.256 e. The molecule has 0 saturated heterocycles. The molecule has 3 aromatic rings. The molecule has 0 aliphatic carbocycles. The Morgan fingerprint density at radius 2 is 1.57 bits per heavy atom. The van der Waals surface area contributed by atoms with Gasteiger partial charge in [0.1, 0.15) is 17.3 Å². The van der Waals surface area contributed by atoms with Crippen molar-refractivity contribution in [3.05, 3.63) is 89.2 Å². The highest BCUT2D eigenvalue weighted by Crippen LogP contribution is 2.22. The molecule has 0 aliphatic heterocycles. The topological polar surface area (TPSA) is 67.4 Å². The van der Waals surface area contributed by atoms with Crippen molar-refractivity contribution >= 4 is 29.1 Å². The lowest BCUT2D eigenvalue weighted by Gasteiger charge is -2.09. The molecule has 0 saturated carbocycles. The maximum Gasteiger partial charge on any atom is 0.256 e. The number of benzene rings is 3. The van der Waals surface area contributed by atoms with Crippen molar-refractivity contribution in [3.63, 3.8) is 0 Å². The largest absolute Gasteiger partial charge is 0.457 e. The normalized spacial score (nSPS) is 10.2. The average Bonchev–Trinajstić information content (AvgIpc) is 2.69. The van der Waals surface area contributed by atoms with Gasteiger partial charge < -0.3 is 15.4 Å². The van der Waals surface area contributed by atoms with E-state index in [1.807, 2.05) is 30.3 Å². The summed E-state index contributed by atoms with van der Waals surface area (Å²) in [4.78, 5) is 24.0. The number of carbonyl (C=O) groups excluding carboxylic acids is 2. The summed E-state index contributed by atoms with van der Waals surface area (Å²) in [7, 11) is 0. The van der Waals surface area contributed by atoms with Gasteiger partial charge in [-0.05, 0) is 48.5 Å². The van der Waals surface area contributed by atoms with Crippen LogP contribution in [0.2, 0.25) is 5.02 Å². The van der Waals surface area contributed by atoms with Crippen molar-refractivity contribution in [1.29, 1.82) is 0 Å². The van der Waals surface area contributed by atoms with Crippen LogP contribution in [0, 0.1) is 5.82 Å². The van der Waals surface area contributed by atoms with Crippen LogP contribution in [0.25, 0.3) is 0 Å². The summed E-state index contributed by atoms with van der Waals surface area (Å²) >= 11 is 5.83. The molecule has 7 heteroatoms. The Balaban J connectivity index is 1.53. The second-order valence-corrected chi connectivity index (χ2v) is 6.17. The van der Waals surface area contributed by atoms with E-state index in [9.17, 15) is 14.0 Å². The van der Waals surface area contributed by atoms with E-state index in [0.717, 1.165) is 6.07 Å². The zero-order valence-electron chi connectivity index (χ0n) is 14.6. The van der Waals surface area contributed by atoms with Gasteiger partial charge in [-0.1, -0.05) is 35.9 Å². The fraction of sp³-hybridized carbons (Fsp3) is 0.0476. The average molecular weight is 399 g/mol. The Morgan fingerprint density at radius 1 is 0.893 bits per heavy atom. The van der Waals surface area contributed by atoms with Crippen LogP contribution >= 0.6 is 11.6 Å². The van der Waals surface area contributed by atoms with E-state index in [1.165, 1.54) is 12.1 Å². The minimum absolute atomic E-state index is 0.0214. The maximum atomic E-state index is 13.7. The third kappa shape index (κ3) is 5.08. The lowest BCUT2D eigenvalue weighted by Crippen LogP contribution is -2.33. The van der Waals surface area contributed by atoms with Crippen LogP contribution in [0.3, 0.4) is 0 Å². The molecular weight excluding hydrogens is 383 g/mol. The maximum absolute atomic E-state index is 13.7. The van der Waals surface area contributed by atoms with E-state index >= 15 is 0 Å². The molecule has 5 nitrogen and oxygen atoms in total. The molecule has 142 valence electrons. The molecular formula is C21H16ClFN2O3. The summed E-state index contributed by atoms with van der Waals surface area (Å²) in [6, 6.07) is 20.0. The van der Waals surface area contributed by atoms with E-state index in [0.29, 0.717) is 17.2 Å². The summed E-state index contributed by atoms with van der Waals surface area (Å²) in [5.41, 5.74) is 0.239. The molecule has 28 heavy (non-hydrogen) atoms. The molecule has 2 amide bonds. The monoisotopic (exact) mass is 398 g/mol. The third-order valence-electron chi connectivity index (χ3n) is 3.72. The molecule has 0 radical (unpaired) electrons. The Morgan fingerprint density at radius 3 is 2.25 bits per heavy atom. The first-order valence-electron chi connectivity index (χ1n) is 8.38. The van der Waals surface area contributed by atoms with Crippen LogP contribution in [-0.2, 0) is 4.79 Å². The van der Waals surface area contributed by atoms with Crippen molar-refractivity contribution in [1.82, 2.24) is 5.32 Å². The van der Waals surface area contributed by atoms with Gasteiger partial charge in [-0.2, -0.15) is 0 Å². The van der Waals surface area contributed by atoms with Crippen LogP contribution < -0.4 is 15.4 Å². The summed E-state index contributed by atoms with van der Waals surface area (Å²) in [6.07, 6.45) is 0. The number of hydrogen-bond donors (Lipinski definition) is 2. The van der Waals surface area contributed by atoms with Crippen molar-refractivity contribution in [2.75, 3.05) is 11.9 Å². The summed E-state index contributed by atoms with van der Waals surface area (Å²) in [5.74, 6) is -0.651. The quantitative estimate of drug-likeness (QED) is 0.635. The minimum Gasteiger partial charge on any atom is -0.457 e. The SMILES string of the molecule is O=C(CNC(=O)c1c(F)cccc1Cl)Nc1ccc(Oc2ccccc2)cc1. The first-order valence-corrected chi connectivity index (χ1v) is 8.76. The van der Waals surface area contributed by atoms with Gasteiger partial charge in [0.05, 0.1) is 17.1 Å². The van der Waals surface area contributed by atoms with Gasteiger partial charge in [-0.3, -0.25) is 9.59 Å². The van der Waals surface area contributed by atoms with Crippen LogP contribution in [0.15, 0.2) is 72.8 Å². The number of para-hydroxylation sites is 1. The van der Waals surface area contributed by atoms with Gasteiger partial charge in [0, 0.05) is 5.69 Å². The number of anilines is 1. The minimum atomic E-state index is -0.759. The van der Waals surface area contributed by atoms with Gasteiger partial charge in [0.15, 0.2) is 0 Å². The van der Waals surface area contributed by atoms with Gasteiger partial charge in [0.25, 0.3) is 5.91 Å². The second kappa shape index (κ2) is 9.01. The van der Waals surface area contributed by atoms with E-state index in [4.69, 9.17) is 16.3 Å². The van der Waals surface area contributed by atoms with Crippen LogP contribution in [0.4, 0.5) is 10.1 Å². The molecule has 0 aliphatic rings. The molecule has 3 aromatic carbocycles. The fourth-order valence-electron chi connectivity index (χ4n) is 2.40. The van der Waals surface area contributed by atoms with Crippen LogP contribution in [0.5, 0.6) is 11.5 Å². The molecule has 0 aromatic heterocycles. The number of nitrogens with one attached hydrogen (secondary N) is 2. The number of carbonyl (C=O) groups is 2. The summed E-state index contributed by atoms with van der Waals surface area (Å²) in [5, 5.41) is 4.96. The number of rotatable bonds is 6. The van der Waals surface area contributed by atoms with Crippen LogP contribution in [-0.4, -0.2) is 18.4 Å². The first kappa shape index (κ1) is 19.4. The first-order chi connectivity index (χ1) is 13.5. The van der Waals surface area contributed by atoms with Gasteiger partial charge in [0.2, 0.25) is 5.91 Å². The van der Waals surface area contributed by atoms with E-state index in [2.05, 4.69) is 10.6 Å². The van der Waals surface area contributed by atoms with Gasteiger partial charge in [-0.25, -0.2) is 4.39 Å². The highest BCUT2D eigenvalue weighted by atomic mass is 35.5. The Bertz CT molecular complexity index is 958. The van der Waals surface area contributed by atoms with Crippen molar-refractivity contribution in [2.24, 2.45) is 0 Å². The van der Waals surface area contributed by atoms with Gasteiger partial charge in [-0.15, -0.1) is 0 Å². The molecule has 0 heterocycles. The zero-order chi connectivity index (χ0) is 19.9. The Labute approximate surface area is 166 Å². The number of amides is 2. The second-order valence-electron chi connectivity index (χ2n) is 5.77. The lowest BCUT2D eigenvalue weighted by molar-refractivity contribution is -0.115. The van der Waals surface area contributed by atoms with Crippen molar-refractivity contribution < 1.29 is 18.7 Å². The Kier molecular flexibility index (Phi) is 6.24. The predicted molar refractivity (Wildman–Crippen MR) is 105 cm³/mol. The predicted octanol–water partition coefficient (Wildman–Crippen LogP) is 4.64. The van der Waals surface area contributed by atoms with Crippen molar-refractivity contribution in [3.8, 4) is 11.5 Å². The molecule has 0 bridgehead atoms. The fourth-order valence-corrected chi connectivity index (χ4v) is 2.65. The number of ether oxygens (including phenoxy) is 1. The lowest BCUT2D eigenvalue weighted by atomic mass is 10.2. The molecule has 3 rings (SSSR count). The highest BCUT2D eigenvalue weighted by Gasteiger charge is 2.16. The zero-order valence-corrected chi connectivity index (χ0v) is 15.4. The summed E-state index contributed by atoms with van der Waals surface area (Å²) in [6.45, 7) is -0.328.